The van der Waals surface area contributed by atoms with Crippen LogP contribution in [0, 0.1) is 30.5 Å². The van der Waals surface area contributed by atoms with Crippen molar-refractivity contribution < 1.29 is 17.5 Å². The second-order valence-corrected chi connectivity index (χ2v) is 7.98. The lowest BCUT2D eigenvalue weighted by molar-refractivity contribution is 0.370. The van der Waals surface area contributed by atoms with E-state index in [1.165, 1.54) is 12.1 Å². The van der Waals surface area contributed by atoms with Crippen molar-refractivity contribution in [2.24, 2.45) is 0 Å². The molecule has 3 N–H and O–H groups in total. The van der Waals surface area contributed by atoms with Gasteiger partial charge in [0.15, 0.2) is 11.6 Å². The normalized spacial score (nSPS) is 10.6. The molecule has 1 aromatic heterocycles. The van der Waals surface area contributed by atoms with Crippen LogP contribution in [0.3, 0.4) is 0 Å². The van der Waals surface area contributed by atoms with Crippen molar-refractivity contribution in [2.45, 2.75) is 4.90 Å². The van der Waals surface area contributed by atoms with Crippen LogP contribution in [-0.4, -0.2) is 31.5 Å². The molecule has 0 aliphatic rings. The van der Waals surface area contributed by atoms with E-state index in [-0.39, 0.29) is 29.8 Å². The number of halogens is 1. The van der Waals surface area contributed by atoms with E-state index in [1.54, 1.807) is 36.4 Å². The van der Waals surface area contributed by atoms with Gasteiger partial charge in [0.05, 0.1) is 17.6 Å². The van der Waals surface area contributed by atoms with Crippen LogP contribution >= 0.6 is 0 Å². The van der Waals surface area contributed by atoms with Gasteiger partial charge >= 0.3 is 0 Å². The number of nitrogens with zero attached hydrogens (tertiary/aromatic N) is 2. The number of benzene rings is 2. The maximum absolute atomic E-state index is 14.2. The first-order valence-corrected chi connectivity index (χ1v) is 10.7. The molecule has 0 bridgehead atoms. The van der Waals surface area contributed by atoms with Crippen LogP contribution < -0.4 is 20.1 Å². The average molecular weight is 451 g/mol. The number of rotatable bonds is 9. The Labute approximate surface area is 185 Å². The minimum absolute atomic E-state index is 0.00496. The summed E-state index contributed by atoms with van der Waals surface area (Å²) < 4.78 is 46.3. The maximum Gasteiger partial charge on any atom is 0.241 e. The van der Waals surface area contributed by atoms with E-state index in [2.05, 4.69) is 37.2 Å². The molecule has 0 atom stereocenters. The van der Waals surface area contributed by atoms with E-state index in [9.17, 15) is 12.8 Å². The molecule has 0 radical (unpaired) electrons. The summed E-state index contributed by atoms with van der Waals surface area (Å²) >= 11 is 0. The molecule has 0 aliphatic carbocycles. The first-order valence-electron chi connectivity index (χ1n) is 9.17. The Bertz CT molecular complexity index is 1280. The summed E-state index contributed by atoms with van der Waals surface area (Å²) in [6.45, 7) is 0.0118. The average Bonchev–Trinajstić information content (AvgIpc) is 2.79. The van der Waals surface area contributed by atoms with Gasteiger partial charge in [-0.25, -0.2) is 17.8 Å². The Morgan fingerprint density at radius 2 is 1.81 bits per heavy atom. The zero-order valence-electron chi connectivity index (χ0n) is 16.7. The van der Waals surface area contributed by atoms with Gasteiger partial charge in [0.2, 0.25) is 16.0 Å². The summed E-state index contributed by atoms with van der Waals surface area (Å²) in [6, 6.07) is 12.7. The molecule has 0 fully saturated rings. The Morgan fingerprint density at radius 3 is 2.53 bits per heavy atom. The zero-order chi connectivity index (χ0) is 23.0. The Kier molecular flexibility index (Phi) is 7.24. The molecule has 3 aromatic rings. The number of sulfonamides is 1. The van der Waals surface area contributed by atoms with Crippen LogP contribution in [-0.2, 0) is 10.0 Å². The molecule has 3 rings (SSSR count). The van der Waals surface area contributed by atoms with Gasteiger partial charge in [0.25, 0.3) is 0 Å². The second-order valence-electron chi connectivity index (χ2n) is 6.21. The largest absolute Gasteiger partial charge is 0.481 e. The highest BCUT2D eigenvalue weighted by Gasteiger charge is 2.14. The van der Waals surface area contributed by atoms with Crippen LogP contribution in [0.1, 0.15) is 0 Å². The smallest absolute Gasteiger partial charge is 0.241 e. The van der Waals surface area contributed by atoms with E-state index in [1.807, 2.05) is 0 Å². The summed E-state index contributed by atoms with van der Waals surface area (Å²) in [5.41, 5.74) is 0.954. The van der Waals surface area contributed by atoms with E-state index in [4.69, 9.17) is 17.6 Å². The fourth-order valence-electron chi connectivity index (χ4n) is 2.50. The lowest BCUT2D eigenvalue weighted by Gasteiger charge is -2.11. The number of hydrogen-bond donors (Lipinski definition) is 3. The predicted molar refractivity (Wildman–Crippen MR) is 120 cm³/mol. The minimum atomic E-state index is -3.77. The summed E-state index contributed by atoms with van der Waals surface area (Å²) in [5.74, 6) is 4.48. The number of ether oxygens (including phenoxy) is 1. The number of terminal acetylenes is 2. The van der Waals surface area contributed by atoms with E-state index in [0.29, 0.717) is 17.1 Å². The van der Waals surface area contributed by atoms with Crippen molar-refractivity contribution in [2.75, 3.05) is 23.8 Å². The van der Waals surface area contributed by atoms with Crippen molar-refractivity contribution in [1.82, 2.24) is 14.7 Å². The highest BCUT2D eigenvalue weighted by Crippen LogP contribution is 2.23. The topological polar surface area (TPSA) is 105 Å². The van der Waals surface area contributed by atoms with E-state index >= 15 is 0 Å². The number of aromatic nitrogens is 2. The molecule has 0 amide bonds. The highest BCUT2D eigenvalue weighted by molar-refractivity contribution is 7.89. The molecule has 162 valence electrons. The van der Waals surface area contributed by atoms with Gasteiger partial charge in [-0.15, -0.1) is 12.8 Å². The molecule has 0 aliphatic heterocycles. The van der Waals surface area contributed by atoms with Crippen LogP contribution in [0.15, 0.2) is 59.6 Å². The van der Waals surface area contributed by atoms with Crippen molar-refractivity contribution in [3.8, 4) is 30.4 Å². The molecular weight excluding hydrogens is 433 g/mol. The van der Waals surface area contributed by atoms with Crippen molar-refractivity contribution in [3.05, 3.63) is 60.5 Å². The maximum atomic E-state index is 14.2. The third-order valence-corrected chi connectivity index (χ3v) is 5.35. The monoisotopic (exact) mass is 451 g/mol. The summed E-state index contributed by atoms with van der Waals surface area (Å²) in [4.78, 5) is 8.02. The number of nitrogens with one attached hydrogen (secondary N) is 3. The van der Waals surface area contributed by atoms with Gasteiger partial charge in [-0.1, -0.05) is 17.9 Å². The quantitative estimate of drug-likeness (QED) is 0.430. The van der Waals surface area contributed by atoms with Gasteiger partial charge < -0.3 is 15.4 Å². The fraction of sp³-hybridized carbons (Fsp3) is 0.0909. The van der Waals surface area contributed by atoms with E-state index in [0.717, 1.165) is 6.20 Å². The van der Waals surface area contributed by atoms with Crippen LogP contribution in [0.2, 0.25) is 0 Å². The van der Waals surface area contributed by atoms with Gasteiger partial charge in [-0.2, -0.15) is 9.71 Å². The molecule has 10 heteroatoms. The standard InChI is InChI=1S/C22H18FN5O3S/c1-3-12-25-32(29,30)19-7-5-6-17(14-19)27-22-24-15-20(23)21(28-22)26-16-8-10-18(11-9-16)31-13-4-2/h1-2,5-11,14-15,25H,12-13H2,(H2,24,26,27,28). The molecule has 0 spiro atoms. The Hall–Kier alpha value is -4.12. The van der Waals surface area contributed by atoms with Gasteiger partial charge in [-0.3, -0.25) is 0 Å². The van der Waals surface area contributed by atoms with Crippen molar-refractivity contribution >= 4 is 33.2 Å². The van der Waals surface area contributed by atoms with Gasteiger partial charge in [-0.05, 0) is 42.5 Å². The van der Waals surface area contributed by atoms with Crippen LogP contribution in [0.25, 0.3) is 0 Å². The molecule has 0 saturated carbocycles. The first kappa shape index (κ1) is 22.6. The first-order chi connectivity index (χ1) is 15.4. The molecule has 0 saturated heterocycles. The number of hydrogen-bond acceptors (Lipinski definition) is 7. The fourth-order valence-corrected chi connectivity index (χ4v) is 3.48. The Morgan fingerprint density at radius 1 is 1.03 bits per heavy atom. The third-order valence-electron chi connectivity index (χ3n) is 3.95. The van der Waals surface area contributed by atoms with Gasteiger partial charge in [0, 0.05) is 11.4 Å². The number of anilines is 4. The SMILES string of the molecule is C#CCNS(=O)(=O)c1cccc(Nc2ncc(F)c(Nc3ccc(OCC#C)cc3)n2)c1. The van der Waals surface area contributed by atoms with Crippen molar-refractivity contribution in [1.29, 1.82) is 0 Å². The Balaban J connectivity index is 1.76. The van der Waals surface area contributed by atoms with Crippen LogP contribution in [0.4, 0.5) is 27.5 Å². The predicted octanol–water partition coefficient (Wildman–Crippen LogP) is 3.03. The third kappa shape index (κ3) is 5.95. The molecule has 1 heterocycles. The second kappa shape index (κ2) is 10.3. The molecular formula is C22H18FN5O3S. The summed E-state index contributed by atoms with van der Waals surface area (Å²) in [6.07, 6.45) is 11.2. The van der Waals surface area contributed by atoms with Gasteiger partial charge in [0.1, 0.15) is 12.4 Å². The summed E-state index contributed by atoms with van der Waals surface area (Å²) in [7, 11) is -3.77. The molecule has 0 unspecified atom stereocenters. The lowest BCUT2D eigenvalue weighted by atomic mass is 10.3. The minimum Gasteiger partial charge on any atom is -0.481 e. The highest BCUT2D eigenvalue weighted by atomic mass is 32.2. The lowest BCUT2D eigenvalue weighted by Crippen LogP contribution is -2.23. The van der Waals surface area contributed by atoms with Crippen LogP contribution in [0.5, 0.6) is 5.75 Å². The van der Waals surface area contributed by atoms with Crippen molar-refractivity contribution in [3.63, 3.8) is 0 Å². The molecule has 32 heavy (non-hydrogen) atoms. The summed E-state index contributed by atoms with van der Waals surface area (Å²) in [5, 5.41) is 5.71. The molecule has 2 aromatic carbocycles. The zero-order valence-corrected chi connectivity index (χ0v) is 17.5. The van der Waals surface area contributed by atoms with E-state index < -0.39 is 15.8 Å². The molecule has 8 nitrogen and oxygen atoms in total.